The highest BCUT2D eigenvalue weighted by atomic mass is 31.2. The second-order valence-corrected chi connectivity index (χ2v) is 8.08. The largest absolute Gasteiger partial charge is 0.358 e. The first-order valence-electron chi connectivity index (χ1n) is 7.77. The highest BCUT2D eigenvalue weighted by Crippen LogP contribution is 2.65. The lowest BCUT2D eigenvalue weighted by molar-refractivity contribution is -0.127. The summed E-state index contributed by atoms with van der Waals surface area (Å²) >= 11 is 0. The Balaban J connectivity index is 2.58. The number of carbonyl (C=O) groups is 1. The molecule has 1 aliphatic rings. The third-order valence-corrected chi connectivity index (χ3v) is 5.89. The van der Waals surface area contributed by atoms with Crippen molar-refractivity contribution in [2.75, 3.05) is 0 Å². The highest BCUT2D eigenvalue weighted by molar-refractivity contribution is 7.54. The van der Waals surface area contributed by atoms with Crippen molar-refractivity contribution < 1.29 is 18.4 Å². The van der Waals surface area contributed by atoms with Gasteiger partial charge in [0.25, 0.3) is 0 Å². The average molecular weight is 337 g/mol. The fourth-order valence-corrected chi connectivity index (χ4v) is 5.19. The van der Waals surface area contributed by atoms with Crippen molar-refractivity contribution in [3.05, 3.63) is 41.6 Å². The molecule has 0 radical (unpaired) electrons. The summed E-state index contributed by atoms with van der Waals surface area (Å²) in [5, 5.41) is 0. The first kappa shape index (κ1) is 17.9. The Kier molecular flexibility index (Phi) is 5.45. The number of nitrogens with zero attached hydrogens (tertiary/aromatic N) is 1. The molecule has 1 heterocycles. The van der Waals surface area contributed by atoms with Gasteiger partial charge in [0, 0.05) is 13.1 Å². The molecule has 0 aliphatic carbocycles. The highest BCUT2D eigenvalue weighted by Gasteiger charge is 2.45. The molecule has 0 bridgehead atoms. The SMILES string of the molecule is CC(=O)N1C=Cc2ccccc2C1P(=O)(OC(C)C)OC(C)C. The summed E-state index contributed by atoms with van der Waals surface area (Å²) in [5.74, 6) is -0.980. The maximum absolute atomic E-state index is 13.6. The third kappa shape index (κ3) is 3.92. The minimum Gasteiger partial charge on any atom is -0.304 e. The molecule has 1 aromatic rings. The summed E-state index contributed by atoms with van der Waals surface area (Å²) in [6.45, 7) is 8.66. The zero-order valence-corrected chi connectivity index (χ0v) is 15.1. The first-order valence-corrected chi connectivity index (χ1v) is 9.38. The van der Waals surface area contributed by atoms with Gasteiger partial charge in [-0.3, -0.25) is 14.3 Å². The Bertz CT molecular complexity index is 640. The Hall–Kier alpha value is -1.42. The molecule has 0 N–H and O–H groups in total. The van der Waals surface area contributed by atoms with Gasteiger partial charge in [0.2, 0.25) is 5.91 Å². The molecule has 0 aromatic heterocycles. The van der Waals surface area contributed by atoms with Gasteiger partial charge in [-0.15, -0.1) is 0 Å². The number of hydrogen-bond donors (Lipinski definition) is 0. The fourth-order valence-electron chi connectivity index (χ4n) is 2.62. The molecular weight excluding hydrogens is 313 g/mol. The predicted molar refractivity (Wildman–Crippen MR) is 90.8 cm³/mol. The van der Waals surface area contributed by atoms with Gasteiger partial charge in [0.15, 0.2) is 5.78 Å². The van der Waals surface area contributed by atoms with Crippen LogP contribution in [0.25, 0.3) is 6.08 Å². The predicted octanol–water partition coefficient (Wildman–Crippen LogP) is 4.56. The standard InChI is InChI=1S/C17H24NO4P/c1-12(2)21-23(20,22-13(3)4)17-16-9-7-6-8-15(16)10-11-18(17)14(5)19/h6-13,17H,1-5H3. The topological polar surface area (TPSA) is 55.8 Å². The van der Waals surface area contributed by atoms with E-state index in [-0.39, 0.29) is 18.1 Å². The molecule has 1 atom stereocenters. The van der Waals surface area contributed by atoms with Crippen LogP contribution in [0.5, 0.6) is 0 Å². The Morgan fingerprint density at radius 2 is 1.70 bits per heavy atom. The molecular formula is C17H24NO4P. The molecule has 126 valence electrons. The van der Waals surface area contributed by atoms with Crippen LogP contribution in [0.4, 0.5) is 0 Å². The molecule has 23 heavy (non-hydrogen) atoms. The van der Waals surface area contributed by atoms with Crippen LogP contribution in [0.1, 0.15) is 51.5 Å². The summed E-state index contributed by atoms with van der Waals surface area (Å²) < 4.78 is 25.1. The zero-order valence-electron chi connectivity index (χ0n) is 14.2. The molecule has 0 saturated carbocycles. The Labute approximate surface area is 137 Å². The van der Waals surface area contributed by atoms with Crippen molar-refractivity contribution in [3.63, 3.8) is 0 Å². The Morgan fingerprint density at radius 3 is 2.22 bits per heavy atom. The van der Waals surface area contributed by atoms with Crippen LogP contribution in [0, 0.1) is 0 Å². The van der Waals surface area contributed by atoms with Crippen molar-refractivity contribution in [1.29, 1.82) is 0 Å². The molecule has 5 nitrogen and oxygen atoms in total. The Morgan fingerprint density at radius 1 is 1.13 bits per heavy atom. The molecule has 1 aromatic carbocycles. The molecule has 6 heteroatoms. The first-order chi connectivity index (χ1) is 10.7. The van der Waals surface area contributed by atoms with Crippen LogP contribution >= 0.6 is 7.60 Å². The smallest absolute Gasteiger partial charge is 0.304 e. The van der Waals surface area contributed by atoms with E-state index in [1.54, 1.807) is 33.9 Å². The number of carbonyl (C=O) groups excluding carboxylic acids is 1. The lowest BCUT2D eigenvalue weighted by Gasteiger charge is -2.38. The molecule has 2 rings (SSSR count). The summed E-state index contributed by atoms with van der Waals surface area (Å²) in [7, 11) is -3.60. The van der Waals surface area contributed by atoms with E-state index < -0.39 is 13.4 Å². The van der Waals surface area contributed by atoms with Crippen LogP contribution in [-0.2, 0) is 18.4 Å². The van der Waals surface area contributed by atoms with E-state index in [2.05, 4.69) is 0 Å². The normalized spacial score (nSPS) is 17.7. The van der Waals surface area contributed by atoms with Gasteiger partial charge in [0.05, 0.1) is 12.2 Å². The lowest BCUT2D eigenvalue weighted by Crippen LogP contribution is -2.32. The van der Waals surface area contributed by atoms with Crippen molar-refractivity contribution in [2.24, 2.45) is 0 Å². The minimum atomic E-state index is -3.60. The monoisotopic (exact) mass is 337 g/mol. The molecule has 0 saturated heterocycles. The number of rotatable bonds is 5. The second-order valence-electron chi connectivity index (χ2n) is 6.09. The molecule has 1 unspecified atom stereocenters. The number of amides is 1. The lowest BCUT2D eigenvalue weighted by atomic mass is 10.0. The van der Waals surface area contributed by atoms with Gasteiger partial charge in [-0.2, -0.15) is 0 Å². The maximum atomic E-state index is 13.6. The summed E-state index contributed by atoms with van der Waals surface area (Å²) in [4.78, 5) is 13.5. The summed E-state index contributed by atoms with van der Waals surface area (Å²) in [6, 6.07) is 7.55. The second kappa shape index (κ2) is 7.00. The van der Waals surface area contributed by atoms with Crippen molar-refractivity contribution >= 4 is 19.6 Å². The van der Waals surface area contributed by atoms with Crippen molar-refractivity contribution in [2.45, 2.75) is 52.6 Å². The molecule has 1 aliphatic heterocycles. The number of benzene rings is 1. The van der Waals surface area contributed by atoms with Crippen LogP contribution in [0.2, 0.25) is 0 Å². The van der Waals surface area contributed by atoms with E-state index in [1.165, 1.54) is 11.8 Å². The van der Waals surface area contributed by atoms with E-state index in [9.17, 15) is 9.36 Å². The quantitative estimate of drug-likeness (QED) is 0.739. The van der Waals surface area contributed by atoms with Gasteiger partial charge in [-0.25, -0.2) is 0 Å². The van der Waals surface area contributed by atoms with Crippen LogP contribution < -0.4 is 0 Å². The number of hydrogen-bond acceptors (Lipinski definition) is 4. The van der Waals surface area contributed by atoms with Gasteiger partial charge in [0.1, 0.15) is 0 Å². The fraction of sp³-hybridized carbons (Fsp3) is 0.471. The summed E-state index contributed by atoms with van der Waals surface area (Å²) in [5.41, 5.74) is 1.68. The van der Waals surface area contributed by atoms with Gasteiger partial charge < -0.3 is 9.05 Å². The minimum absolute atomic E-state index is 0.208. The van der Waals surface area contributed by atoms with E-state index in [1.807, 2.05) is 30.3 Å². The van der Waals surface area contributed by atoms with Gasteiger partial charge >= 0.3 is 7.60 Å². The number of fused-ring (bicyclic) bond motifs is 1. The van der Waals surface area contributed by atoms with Gasteiger partial charge in [-0.1, -0.05) is 24.3 Å². The average Bonchev–Trinajstić information content (AvgIpc) is 2.43. The van der Waals surface area contributed by atoms with Crippen molar-refractivity contribution in [1.82, 2.24) is 4.90 Å². The third-order valence-electron chi connectivity index (χ3n) is 3.33. The maximum Gasteiger partial charge on any atom is 0.358 e. The molecule has 0 spiro atoms. The van der Waals surface area contributed by atoms with Crippen LogP contribution in [0.3, 0.4) is 0 Å². The molecule has 0 fully saturated rings. The zero-order chi connectivity index (χ0) is 17.2. The summed E-state index contributed by atoms with van der Waals surface area (Å²) in [6.07, 6.45) is 2.91. The molecule has 1 amide bonds. The van der Waals surface area contributed by atoms with Crippen molar-refractivity contribution in [3.8, 4) is 0 Å². The van der Waals surface area contributed by atoms with E-state index in [0.29, 0.717) is 0 Å². The van der Waals surface area contributed by atoms with Crippen LogP contribution in [0.15, 0.2) is 30.5 Å². The van der Waals surface area contributed by atoms with Crippen LogP contribution in [-0.4, -0.2) is 23.0 Å². The van der Waals surface area contributed by atoms with E-state index in [0.717, 1.165) is 11.1 Å². The van der Waals surface area contributed by atoms with Gasteiger partial charge in [-0.05, 0) is 44.9 Å². The van der Waals surface area contributed by atoms with E-state index in [4.69, 9.17) is 9.05 Å². The van der Waals surface area contributed by atoms with E-state index >= 15 is 0 Å².